The van der Waals surface area contributed by atoms with Crippen molar-refractivity contribution in [2.24, 2.45) is 0 Å². The molecule has 1 aliphatic heterocycles. The molecule has 0 fully saturated rings. The van der Waals surface area contributed by atoms with Crippen LogP contribution in [0.25, 0.3) is 6.08 Å². The van der Waals surface area contributed by atoms with E-state index in [4.69, 9.17) is 21.1 Å². The molecular weight excluding hydrogens is 474 g/mol. The quantitative estimate of drug-likeness (QED) is 0.276. The summed E-state index contributed by atoms with van der Waals surface area (Å²) in [6, 6.07) is 17.8. The standard InChI is InChI=1S/C25H20ClN3O6/c26-18-4-9-21(10-5-18)34-14-13-28-22-15-19(6-11-23(22)35-16-25(28)31)27-24(30)12-3-17-1-7-20(8-2-17)29(32)33/h1-12,15H,13-14,16H2,(H,27,30)/b12-3+. The largest absolute Gasteiger partial charge is 0.492 e. The Morgan fingerprint density at radius 3 is 2.60 bits per heavy atom. The van der Waals surface area contributed by atoms with Crippen molar-refractivity contribution in [3.8, 4) is 11.5 Å². The van der Waals surface area contributed by atoms with Gasteiger partial charge in [-0.15, -0.1) is 0 Å². The number of hydrogen-bond donors (Lipinski definition) is 1. The van der Waals surface area contributed by atoms with Gasteiger partial charge in [0.25, 0.3) is 11.6 Å². The number of non-ortho nitro benzene ring substituents is 1. The van der Waals surface area contributed by atoms with E-state index in [1.54, 1.807) is 65.6 Å². The SMILES string of the molecule is O=C(/C=C/c1ccc([N+](=O)[O-])cc1)Nc1ccc2c(c1)N(CCOc1ccc(Cl)cc1)C(=O)CO2. The third kappa shape index (κ3) is 6.15. The zero-order chi connectivity index (χ0) is 24.8. The van der Waals surface area contributed by atoms with Gasteiger partial charge in [-0.1, -0.05) is 11.6 Å². The number of nitrogens with zero attached hydrogens (tertiary/aromatic N) is 2. The molecule has 4 rings (SSSR count). The van der Waals surface area contributed by atoms with E-state index >= 15 is 0 Å². The van der Waals surface area contributed by atoms with Crippen LogP contribution in [0.5, 0.6) is 11.5 Å². The first-order valence-electron chi connectivity index (χ1n) is 10.6. The van der Waals surface area contributed by atoms with Crippen molar-refractivity contribution in [3.63, 3.8) is 0 Å². The normalized spacial score (nSPS) is 12.7. The van der Waals surface area contributed by atoms with E-state index in [0.717, 1.165) is 0 Å². The number of nitro groups is 1. The van der Waals surface area contributed by atoms with Gasteiger partial charge in [0.2, 0.25) is 5.91 Å². The second kappa shape index (κ2) is 10.7. The molecule has 0 unspecified atom stereocenters. The summed E-state index contributed by atoms with van der Waals surface area (Å²) in [6.45, 7) is 0.453. The molecule has 1 aliphatic rings. The first-order valence-corrected chi connectivity index (χ1v) is 11.0. The van der Waals surface area contributed by atoms with Crippen LogP contribution in [-0.2, 0) is 9.59 Å². The summed E-state index contributed by atoms with van der Waals surface area (Å²) in [5.74, 6) is 0.536. The van der Waals surface area contributed by atoms with Crippen molar-refractivity contribution in [2.45, 2.75) is 0 Å². The number of rotatable bonds is 8. The van der Waals surface area contributed by atoms with E-state index < -0.39 is 10.8 Å². The lowest BCUT2D eigenvalue weighted by molar-refractivity contribution is -0.384. The lowest BCUT2D eigenvalue weighted by Gasteiger charge is -2.29. The lowest BCUT2D eigenvalue weighted by atomic mass is 10.2. The number of fused-ring (bicyclic) bond motifs is 1. The van der Waals surface area contributed by atoms with Crippen molar-refractivity contribution >= 4 is 46.6 Å². The number of nitro benzene ring substituents is 1. The monoisotopic (exact) mass is 493 g/mol. The highest BCUT2D eigenvalue weighted by Crippen LogP contribution is 2.34. The Labute approximate surface area is 205 Å². The van der Waals surface area contributed by atoms with E-state index in [2.05, 4.69) is 5.32 Å². The Balaban J connectivity index is 1.40. The Kier molecular flexibility index (Phi) is 7.27. The fraction of sp³-hybridized carbons (Fsp3) is 0.120. The molecule has 10 heteroatoms. The molecule has 1 N–H and O–H groups in total. The number of benzene rings is 3. The summed E-state index contributed by atoms with van der Waals surface area (Å²) in [5.41, 5.74) is 1.62. The molecule has 1 heterocycles. The van der Waals surface area contributed by atoms with Crippen LogP contribution >= 0.6 is 11.6 Å². The zero-order valence-corrected chi connectivity index (χ0v) is 19.1. The van der Waals surface area contributed by atoms with E-state index in [9.17, 15) is 19.7 Å². The summed E-state index contributed by atoms with van der Waals surface area (Å²) < 4.78 is 11.2. The van der Waals surface area contributed by atoms with E-state index in [1.165, 1.54) is 18.2 Å². The first kappa shape index (κ1) is 23.8. The Morgan fingerprint density at radius 2 is 1.89 bits per heavy atom. The van der Waals surface area contributed by atoms with Gasteiger partial charge < -0.3 is 19.7 Å². The molecule has 0 bridgehead atoms. The van der Waals surface area contributed by atoms with Gasteiger partial charge in [-0.25, -0.2) is 0 Å². The average molecular weight is 494 g/mol. The third-order valence-corrected chi connectivity index (χ3v) is 5.35. The maximum atomic E-state index is 12.5. The number of nitrogens with one attached hydrogen (secondary N) is 1. The predicted octanol–water partition coefficient (Wildman–Crippen LogP) is 4.70. The van der Waals surface area contributed by atoms with Gasteiger partial charge in [0.15, 0.2) is 6.61 Å². The van der Waals surface area contributed by atoms with E-state index in [0.29, 0.717) is 33.5 Å². The third-order valence-electron chi connectivity index (χ3n) is 5.10. The van der Waals surface area contributed by atoms with Crippen LogP contribution < -0.4 is 19.7 Å². The minimum absolute atomic E-state index is 0.0273. The molecule has 3 aromatic carbocycles. The number of carbonyl (C=O) groups is 2. The highest BCUT2D eigenvalue weighted by molar-refractivity contribution is 6.30. The molecule has 0 saturated heterocycles. The molecule has 0 spiro atoms. The maximum absolute atomic E-state index is 12.5. The Bertz CT molecular complexity index is 1280. The summed E-state index contributed by atoms with van der Waals surface area (Å²) in [7, 11) is 0. The minimum atomic E-state index is -0.488. The topological polar surface area (TPSA) is 111 Å². The molecule has 0 aromatic heterocycles. The van der Waals surface area contributed by atoms with Gasteiger partial charge in [0.1, 0.15) is 18.1 Å². The molecule has 2 amide bonds. The molecule has 35 heavy (non-hydrogen) atoms. The smallest absolute Gasteiger partial charge is 0.269 e. The molecule has 0 radical (unpaired) electrons. The summed E-state index contributed by atoms with van der Waals surface area (Å²) in [4.78, 5) is 36.7. The van der Waals surface area contributed by atoms with Gasteiger partial charge in [0, 0.05) is 28.9 Å². The van der Waals surface area contributed by atoms with Crippen LogP contribution in [0.1, 0.15) is 5.56 Å². The predicted molar refractivity (Wildman–Crippen MR) is 132 cm³/mol. The van der Waals surface area contributed by atoms with Crippen molar-refractivity contribution < 1.29 is 24.0 Å². The zero-order valence-electron chi connectivity index (χ0n) is 18.3. The fourth-order valence-corrected chi connectivity index (χ4v) is 3.50. The second-order valence-electron chi connectivity index (χ2n) is 7.49. The number of anilines is 2. The molecular formula is C25H20ClN3O6. The van der Waals surface area contributed by atoms with Crippen LogP contribution in [0.15, 0.2) is 72.8 Å². The lowest BCUT2D eigenvalue weighted by Crippen LogP contribution is -2.41. The van der Waals surface area contributed by atoms with Crippen LogP contribution in [0.2, 0.25) is 5.02 Å². The summed E-state index contributed by atoms with van der Waals surface area (Å²) >= 11 is 5.88. The minimum Gasteiger partial charge on any atom is -0.492 e. The Morgan fingerprint density at radius 1 is 1.14 bits per heavy atom. The van der Waals surface area contributed by atoms with E-state index in [-0.39, 0.29) is 31.4 Å². The maximum Gasteiger partial charge on any atom is 0.269 e. The molecule has 0 atom stereocenters. The highest BCUT2D eigenvalue weighted by Gasteiger charge is 2.26. The number of carbonyl (C=O) groups excluding carboxylic acids is 2. The molecule has 0 saturated carbocycles. The van der Waals surface area contributed by atoms with Crippen molar-refractivity contribution in [2.75, 3.05) is 30.0 Å². The van der Waals surface area contributed by atoms with Gasteiger partial charge >= 0.3 is 0 Å². The molecule has 9 nitrogen and oxygen atoms in total. The van der Waals surface area contributed by atoms with Crippen LogP contribution in [-0.4, -0.2) is 36.5 Å². The average Bonchev–Trinajstić information content (AvgIpc) is 2.85. The molecule has 3 aromatic rings. The number of amides is 2. The summed E-state index contributed by atoms with van der Waals surface area (Å²) in [6.07, 6.45) is 2.87. The first-order chi connectivity index (χ1) is 16.9. The van der Waals surface area contributed by atoms with Crippen molar-refractivity contribution in [3.05, 3.63) is 93.5 Å². The van der Waals surface area contributed by atoms with Gasteiger partial charge in [-0.05, 0) is 66.2 Å². The molecule has 178 valence electrons. The van der Waals surface area contributed by atoms with Gasteiger partial charge in [0.05, 0.1) is 17.2 Å². The van der Waals surface area contributed by atoms with Crippen LogP contribution in [0, 0.1) is 10.1 Å². The highest BCUT2D eigenvalue weighted by atomic mass is 35.5. The molecule has 0 aliphatic carbocycles. The summed E-state index contributed by atoms with van der Waals surface area (Å²) in [5, 5.41) is 14.1. The second-order valence-corrected chi connectivity index (χ2v) is 7.93. The van der Waals surface area contributed by atoms with Crippen molar-refractivity contribution in [1.82, 2.24) is 0 Å². The van der Waals surface area contributed by atoms with E-state index in [1.807, 2.05) is 0 Å². The van der Waals surface area contributed by atoms with Crippen molar-refractivity contribution in [1.29, 1.82) is 0 Å². The van der Waals surface area contributed by atoms with Crippen LogP contribution in [0.3, 0.4) is 0 Å². The number of ether oxygens (including phenoxy) is 2. The number of hydrogen-bond acceptors (Lipinski definition) is 6. The van der Waals surface area contributed by atoms with Gasteiger partial charge in [-0.3, -0.25) is 19.7 Å². The van der Waals surface area contributed by atoms with Crippen LogP contribution in [0.4, 0.5) is 17.1 Å². The van der Waals surface area contributed by atoms with Gasteiger partial charge in [-0.2, -0.15) is 0 Å². The number of halogens is 1. The fourth-order valence-electron chi connectivity index (χ4n) is 3.37. The Hall–Kier alpha value is -4.37.